The Kier molecular flexibility index (Phi) is 10.4. The lowest BCUT2D eigenvalue weighted by molar-refractivity contribution is 0.0205. The summed E-state index contributed by atoms with van der Waals surface area (Å²) in [5.41, 5.74) is 0.0824. The lowest BCUT2D eigenvalue weighted by Crippen LogP contribution is -2.45. The summed E-state index contributed by atoms with van der Waals surface area (Å²) in [6.45, 7) is 10.9. The molecule has 0 bridgehead atoms. The Bertz CT molecular complexity index is 469. The van der Waals surface area contributed by atoms with Gasteiger partial charge in [-0.25, -0.2) is 0 Å². The van der Waals surface area contributed by atoms with Crippen molar-refractivity contribution in [1.82, 2.24) is 25.4 Å². The van der Waals surface area contributed by atoms with E-state index >= 15 is 0 Å². The van der Waals surface area contributed by atoms with E-state index in [1.54, 1.807) is 20.5 Å². The number of methoxy groups -OCH3 is 1. The van der Waals surface area contributed by atoms with E-state index in [1.165, 1.54) is 0 Å². The second-order valence-electron chi connectivity index (χ2n) is 6.26. The summed E-state index contributed by atoms with van der Waals surface area (Å²) in [6.07, 6.45) is 2.77. The van der Waals surface area contributed by atoms with Gasteiger partial charge in [0.05, 0.1) is 6.10 Å². The number of ether oxygens (including phenoxy) is 1. The predicted molar refractivity (Wildman–Crippen MR) is 104 cm³/mol. The maximum atomic E-state index is 5.54. The fourth-order valence-electron chi connectivity index (χ4n) is 2.19. The number of aromatic nitrogens is 3. The summed E-state index contributed by atoms with van der Waals surface area (Å²) in [7, 11) is 3.51. The van der Waals surface area contributed by atoms with Crippen LogP contribution in [0.3, 0.4) is 0 Å². The van der Waals surface area contributed by atoms with Crippen LogP contribution in [-0.4, -0.2) is 54.1 Å². The fraction of sp³-hybridized carbons (Fsp3) is 0.800. The van der Waals surface area contributed by atoms with Crippen molar-refractivity contribution in [3.05, 3.63) is 12.2 Å². The third-order valence-corrected chi connectivity index (χ3v) is 3.59. The van der Waals surface area contributed by atoms with Gasteiger partial charge in [-0.15, -0.1) is 34.2 Å². The predicted octanol–water partition coefficient (Wildman–Crippen LogP) is 1.68. The van der Waals surface area contributed by atoms with Crippen molar-refractivity contribution in [3.8, 4) is 0 Å². The molecule has 1 aromatic rings. The van der Waals surface area contributed by atoms with Crippen LogP contribution in [0, 0.1) is 5.41 Å². The Balaban J connectivity index is 0.00000484. The van der Waals surface area contributed by atoms with Gasteiger partial charge in [0.15, 0.2) is 5.96 Å². The molecule has 1 heterocycles. The largest absolute Gasteiger partial charge is 0.379 e. The molecule has 8 heteroatoms. The van der Waals surface area contributed by atoms with E-state index in [0.29, 0.717) is 6.54 Å². The maximum Gasteiger partial charge on any atom is 0.191 e. The van der Waals surface area contributed by atoms with Crippen molar-refractivity contribution >= 4 is 29.9 Å². The molecule has 0 spiro atoms. The van der Waals surface area contributed by atoms with Crippen molar-refractivity contribution in [3.63, 3.8) is 0 Å². The molecular weight excluding hydrogens is 407 g/mol. The van der Waals surface area contributed by atoms with Crippen LogP contribution in [0.4, 0.5) is 0 Å². The number of aliphatic imine (C=N–C) groups is 1. The summed E-state index contributed by atoms with van der Waals surface area (Å²) >= 11 is 0. The van der Waals surface area contributed by atoms with E-state index < -0.39 is 0 Å². The van der Waals surface area contributed by atoms with Crippen molar-refractivity contribution in [1.29, 1.82) is 0 Å². The smallest absolute Gasteiger partial charge is 0.191 e. The normalized spacial score (nSPS) is 13.4. The molecule has 0 fully saturated rings. The monoisotopic (exact) mass is 438 g/mol. The molecule has 2 N–H and O–H groups in total. The van der Waals surface area contributed by atoms with Crippen molar-refractivity contribution in [2.24, 2.45) is 10.4 Å². The van der Waals surface area contributed by atoms with Gasteiger partial charge in [-0.1, -0.05) is 27.7 Å². The van der Waals surface area contributed by atoms with E-state index in [2.05, 4.69) is 53.5 Å². The van der Waals surface area contributed by atoms with E-state index in [-0.39, 0.29) is 35.5 Å². The molecule has 0 aliphatic carbocycles. The SMILES string of the molecule is CCc1nncn1CCNC(=NC)NCC(OC)C(C)(C)C.I. The fourth-order valence-corrected chi connectivity index (χ4v) is 2.19. The van der Waals surface area contributed by atoms with Crippen LogP contribution in [0.1, 0.15) is 33.5 Å². The van der Waals surface area contributed by atoms with E-state index in [1.807, 2.05) is 4.57 Å². The quantitative estimate of drug-likeness (QED) is 0.385. The molecule has 134 valence electrons. The number of aryl methyl sites for hydroxylation is 1. The Hall–Kier alpha value is -0.900. The number of nitrogens with zero attached hydrogens (tertiary/aromatic N) is 4. The minimum Gasteiger partial charge on any atom is -0.379 e. The molecule has 23 heavy (non-hydrogen) atoms. The van der Waals surface area contributed by atoms with Gasteiger partial charge >= 0.3 is 0 Å². The van der Waals surface area contributed by atoms with Crippen LogP contribution in [-0.2, 0) is 17.7 Å². The van der Waals surface area contributed by atoms with Crippen LogP contribution in [0.15, 0.2) is 11.3 Å². The zero-order chi connectivity index (χ0) is 16.6. The Labute approximate surface area is 156 Å². The highest BCUT2D eigenvalue weighted by atomic mass is 127. The Morgan fingerprint density at radius 3 is 2.61 bits per heavy atom. The van der Waals surface area contributed by atoms with Crippen LogP contribution in [0.2, 0.25) is 0 Å². The number of guanidine groups is 1. The lowest BCUT2D eigenvalue weighted by Gasteiger charge is -2.30. The van der Waals surface area contributed by atoms with Gasteiger partial charge in [-0.2, -0.15) is 0 Å². The van der Waals surface area contributed by atoms with Gasteiger partial charge in [-0.3, -0.25) is 4.99 Å². The molecule has 0 aliphatic heterocycles. The molecule has 0 saturated carbocycles. The molecule has 0 aliphatic rings. The number of hydrogen-bond acceptors (Lipinski definition) is 4. The summed E-state index contributed by atoms with van der Waals surface area (Å²) in [5, 5.41) is 14.6. The van der Waals surface area contributed by atoms with Gasteiger partial charge in [0, 0.05) is 40.2 Å². The minimum absolute atomic E-state index is 0. The molecule has 1 rings (SSSR count). The maximum absolute atomic E-state index is 5.54. The number of rotatable bonds is 7. The van der Waals surface area contributed by atoms with Crippen molar-refractivity contribution in [2.75, 3.05) is 27.2 Å². The first-order chi connectivity index (χ1) is 10.4. The third kappa shape index (κ3) is 7.47. The Morgan fingerprint density at radius 2 is 2.09 bits per heavy atom. The van der Waals surface area contributed by atoms with E-state index in [0.717, 1.165) is 31.3 Å². The molecule has 1 aromatic heterocycles. The third-order valence-electron chi connectivity index (χ3n) is 3.59. The zero-order valence-corrected chi connectivity index (χ0v) is 17.4. The minimum atomic E-state index is 0. The Morgan fingerprint density at radius 1 is 1.39 bits per heavy atom. The molecule has 0 amide bonds. The summed E-state index contributed by atoms with van der Waals surface area (Å²) in [6, 6.07) is 0. The first-order valence-electron chi connectivity index (χ1n) is 7.76. The van der Waals surface area contributed by atoms with Gasteiger partial charge in [0.2, 0.25) is 0 Å². The highest BCUT2D eigenvalue weighted by molar-refractivity contribution is 14.0. The molecule has 0 radical (unpaired) electrons. The van der Waals surface area contributed by atoms with Crippen molar-refractivity contribution in [2.45, 2.75) is 46.8 Å². The lowest BCUT2D eigenvalue weighted by atomic mass is 9.89. The summed E-state index contributed by atoms with van der Waals surface area (Å²) in [4.78, 5) is 4.24. The highest BCUT2D eigenvalue weighted by Gasteiger charge is 2.24. The topological polar surface area (TPSA) is 76.4 Å². The molecule has 1 unspecified atom stereocenters. The standard InChI is InChI=1S/C15H30N6O.HI/c1-7-13-20-19-11-21(13)9-8-17-14(16-5)18-10-12(22-6)15(2,3)4;/h11-12H,7-10H2,1-6H3,(H2,16,17,18);1H. The average molecular weight is 438 g/mol. The van der Waals surface area contributed by atoms with Crippen molar-refractivity contribution < 1.29 is 4.74 Å². The number of nitrogens with one attached hydrogen (secondary N) is 2. The zero-order valence-electron chi connectivity index (χ0n) is 15.1. The second kappa shape index (κ2) is 10.8. The number of halogens is 1. The molecule has 0 saturated heterocycles. The first-order valence-corrected chi connectivity index (χ1v) is 7.76. The highest BCUT2D eigenvalue weighted by Crippen LogP contribution is 2.20. The molecule has 1 atom stereocenters. The van der Waals surface area contributed by atoms with Gasteiger partial charge in [0.25, 0.3) is 0 Å². The van der Waals surface area contributed by atoms with Crippen LogP contribution in [0.5, 0.6) is 0 Å². The molecule has 7 nitrogen and oxygen atoms in total. The van der Waals surface area contributed by atoms with Crippen LogP contribution >= 0.6 is 24.0 Å². The molecular formula is C15H31IN6O. The van der Waals surface area contributed by atoms with E-state index in [4.69, 9.17) is 4.74 Å². The number of hydrogen-bond donors (Lipinski definition) is 2. The summed E-state index contributed by atoms with van der Waals surface area (Å²) < 4.78 is 7.59. The second-order valence-corrected chi connectivity index (χ2v) is 6.26. The average Bonchev–Trinajstić information content (AvgIpc) is 2.92. The van der Waals surface area contributed by atoms with E-state index in [9.17, 15) is 0 Å². The van der Waals surface area contributed by atoms with Crippen LogP contribution < -0.4 is 10.6 Å². The van der Waals surface area contributed by atoms with Crippen LogP contribution in [0.25, 0.3) is 0 Å². The van der Waals surface area contributed by atoms with Gasteiger partial charge in [-0.05, 0) is 5.41 Å². The first kappa shape index (κ1) is 22.1. The van der Waals surface area contributed by atoms with Gasteiger partial charge in [0.1, 0.15) is 12.2 Å². The molecule has 0 aromatic carbocycles. The summed E-state index contributed by atoms with van der Waals surface area (Å²) in [5.74, 6) is 1.77. The van der Waals surface area contributed by atoms with Gasteiger partial charge < -0.3 is 19.9 Å².